The number of nitrogen functional groups attached to an aromatic ring is 1. The second kappa shape index (κ2) is 5.77. The van der Waals surface area contributed by atoms with Gasteiger partial charge in [-0.15, -0.1) is 0 Å². The third kappa shape index (κ3) is 4.35. The molecule has 6 heteroatoms. The summed E-state index contributed by atoms with van der Waals surface area (Å²) in [6.45, 7) is 1.44. The van der Waals surface area contributed by atoms with Crippen molar-refractivity contribution in [2.75, 3.05) is 39.2 Å². The molecular weight excluding hydrogens is 212 g/mol. The first-order chi connectivity index (χ1) is 7.11. The van der Waals surface area contributed by atoms with E-state index >= 15 is 0 Å². The second-order valence-corrected chi connectivity index (χ2v) is 4.04. The Hall–Kier alpha value is -1.01. The third-order valence-corrected chi connectivity index (χ3v) is 2.22. The summed E-state index contributed by atoms with van der Waals surface area (Å²) >= 11 is 1.44. The van der Waals surface area contributed by atoms with Crippen LogP contribution in [0, 0.1) is 0 Å². The summed E-state index contributed by atoms with van der Waals surface area (Å²) in [4.78, 5) is 10.3. The van der Waals surface area contributed by atoms with Gasteiger partial charge in [0.05, 0.1) is 0 Å². The first-order valence-electron chi connectivity index (χ1n) is 4.58. The molecule has 0 aromatic carbocycles. The van der Waals surface area contributed by atoms with Crippen LogP contribution >= 0.6 is 11.8 Å². The highest BCUT2D eigenvalue weighted by molar-refractivity contribution is 7.98. The predicted molar refractivity (Wildman–Crippen MR) is 62.3 cm³/mol. The Labute approximate surface area is 94.0 Å². The third-order valence-electron chi connectivity index (χ3n) is 1.67. The van der Waals surface area contributed by atoms with E-state index in [1.165, 1.54) is 11.8 Å². The highest BCUT2D eigenvalue weighted by atomic mass is 32.2. The van der Waals surface area contributed by atoms with Crippen LogP contribution in [-0.4, -0.2) is 48.4 Å². The number of rotatable bonds is 5. The molecule has 0 spiro atoms. The van der Waals surface area contributed by atoms with Crippen LogP contribution in [0.3, 0.4) is 0 Å². The van der Waals surface area contributed by atoms with Crippen molar-refractivity contribution in [2.45, 2.75) is 5.16 Å². The summed E-state index contributed by atoms with van der Waals surface area (Å²) in [5.74, 6) is 0.975. The zero-order valence-electron chi connectivity index (χ0n) is 9.23. The summed E-state index contributed by atoms with van der Waals surface area (Å²) in [5.41, 5.74) is 5.61. The lowest BCUT2D eigenvalue weighted by atomic mass is 10.5. The summed E-state index contributed by atoms with van der Waals surface area (Å²) in [7, 11) is 3.98. The fourth-order valence-electron chi connectivity index (χ4n) is 0.919. The lowest BCUT2D eigenvalue weighted by molar-refractivity contribution is 0.252. The largest absolute Gasteiger partial charge is 0.476 e. The smallest absolute Gasteiger partial charge is 0.219 e. The first-order valence-corrected chi connectivity index (χ1v) is 5.80. The van der Waals surface area contributed by atoms with Gasteiger partial charge in [0.2, 0.25) is 5.88 Å². The molecule has 0 saturated heterocycles. The number of hydrogen-bond donors (Lipinski definition) is 1. The van der Waals surface area contributed by atoms with Crippen molar-refractivity contribution < 1.29 is 4.74 Å². The molecular formula is C9H16N4OS. The highest BCUT2D eigenvalue weighted by Gasteiger charge is 2.02. The molecule has 2 N–H and O–H groups in total. The first kappa shape index (κ1) is 12.1. The molecule has 0 unspecified atom stereocenters. The minimum Gasteiger partial charge on any atom is -0.476 e. The molecule has 0 atom stereocenters. The Balaban J connectivity index is 2.56. The van der Waals surface area contributed by atoms with E-state index in [1.807, 2.05) is 25.3 Å². The van der Waals surface area contributed by atoms with Gasteiger partial charge in [-0.25, -0.2) is 4.98 Å². The van der Waals surface area contributed by atoms with Crippen LogP contribution in [0.4, 0.5) is 5.82 Å². The van der Waals surface area contributed by atoms with Crippen LogP contribution in [0.5, 0.6) is 5.88 Å². The maximum atomic E-state index is 5.61. The molecule has 0 radical (unpaired) electrons. The Morgan fingerprint density at radius 2 is 2.20 bits per heavy atom. The topological polar surface area (TPSA) is 64.3 Å². The van der Waals surface area contributed by atoms with Crippen molar-refractivity contribution in [2.24, 2.45) is 0 Å². The van der Waals surface area contributed by atoms with Crippen molar-refractivity contribution >= 4 is 17.6 Å². The quantitative estimate of drug-likeness (QED) is 0.592. The number of thioether (sulfide) groups is 1. The lowest BCUT2D eigenvalue weighted by Crippen LogP contribution is -2.19. The van der Waals surface area contributed by atoms with Crippen LogP contribution in [0.1, 0.15) is 0 Å². The molecule has 5 nitrogen and oxygen atoms in total. The van der Waals surface area contributed by atoms with Gasteiger partial charge in [0.1, 0.15) is 12.4 Å². The predicted octanol–water partition coefficient (Wildman–Crippen LogP) is 0.721. The lowest BCUT2D eigenvalue weighted by Gasteiger charge is -2.10. The molecule has 0 amide bonds. The normalized spacial score (nSPS) is 10.7. The zero-order chi connectivity index (χ0) is 11.3. The van der Waals surface area contributed by atoms with E-state index in [1.54, 1.807) is 6.07 Å². The van der Waals surface area contributed by atoms with E-state index in [2.05, 4.69) is 9.97 Å². The van der Waals surface area contributed by atoms with Crippen molar-refractivity contribution in [1.29, 1.82) is 0 Å². The molecule has 1 rings (SSSR count). The number of likely N-dealkylation sites (N-methyl/N-ethyl adjacent to an activating group) is 1. The van der Waals surface area contributed by atoms with Crippen molar-refractivity contribution in [3.05, 3.63) is 6.07 Å². The van der Waals surface area contributed by atoms with Gasteiger partial charge in [-0.3, -0.25) is 0 Å². The van der Waals surface area contributed by atoms with E-state index in [4.69, 9.17) is 10.5 Å². The van der Waals surface area contributed by atoms with Gasteiger partial charge in [-0.1, -0.05) is 11.8 Å². The minimum absolute atomic E-state index is 0.439. The number of anilines is 1. The minimum atomic E-state index is 0.439. The van der Waals surface area contributed by atoms with E-state index in [-0.39, 0.29) is 0 Å². The van der Waals surface area contributed by atoms with Gasteiger partial charge in [0.25, 0.3) is 0 Å². The number of ether oxygens (including phenoxy) is 1. The van der Waals surface area contributed by atoms with Gasteiger partial charge < -0.3 is 15.4 Å². The maximum absolute atomic E-state index is 5.61. The molecule has 84 valence electrons. The Bertz CT molecular complexity index is 319. The van der Waals surface area contributed by atoms with Gasteiger partial charge in [0.15, 0.2) is 5.16 Å². The van der Waals surface area contributed by atoms with Crippen LogP contribution in [0.2, 0.25) is 0 Å². The fourth-order valence-corrected chi connectivity index (χ4v) is 1.30. The van der Waals surface area contributed by atoms with Gasteiger partial charge in [0, 0.05) is 12.6 Å². The molecule has 0 aliphatic rings. The van der Waals surface area contributed by atoms with E-state index in [0.717, 1.165) is 6.54 Å². The number of aromatic nitrogens is 2. The number of nitrogens with two attached hydrogens (primary N) is 1. The van der Waals surface area contributed by atoms with E-state index in [0.29, 0.717) is 23.5 Å². The molecule has 0 fully saturated rings. The van der Waals surface area contributed by atoms with E-state index in [9.17, 15) is 0 Å². The van der Waals surface area contributed by atoms with Gasteiger partial charge >= 0.3 is 0 Å². The summed E-state index contributed by atoms with van der Waals surface area (Å²) in [6, 6.07) is 1.63. The standard InChI is InChI=1S/C9H16N4OS/c1-13(2)4-5-14-8-6-7(10)11-9(12-8)15-3/h6H,4-5H2,1-3H3,(H2,10,11,12). The maximum Gasteiger partial charge on any atom is 0.219 e. The van der Waals surface area contributed by atoms with Crippen LogP contribution in [0.25, 0.3) is 0 Å². The second-order valence-electron chi connectivity index (χ2n) is 3.27. The average Bonchev–Trinajstić information content (AvgIpc) is 2.16. The molecule has 1 aromatic rings. The van der Waals surface area contributed by atoms with Crippen molar-refractivity contribution in [1.82, 2.24) is 14.9 Å². The fraction of sp³-hybridized carbons (Fsp3) is 0.556. The van der Waals surface area contributed by atoms with Crippen LogP contribution in [0.15, 0.2) is 11.2 Å². The van der Waals surface area contributed by atoms with E-state index < -0.39 is 0 Å². The Kier molecular flexibility index (Phi) is 4.64. The molecule has 0 aliphatic carbocycles. The van der Waals surface area contributed by atoms with Crippen LogP contribution in [-0.2, 0) is 0 Å². The monoisotopic (exact) mass is 228 g/mol. The molecule has 1 aromatic heterocycles. The van der Waals surface area contributed by atoms with Crippen molar-refractivity contribution in [3.8, 4) is 5.88 Å². The molecule has 0 saturated carbocycles. The summed E-state index contributed by atoms with van der Waals surface area (Å²) in [6.07, 6.45) is 1.90. The zero-order valence-corrected chi connectivity index (χ0v) is 10.0. The Morgan fingerprint density at radius 1 is 1.47 bits per heavy atom. The Morgan fingerprint density at radius 3 is 2.80 bits per heavy atom. The number of nitrogens with zero attached hydrogens (tertiary/aromatic N) is 3. The van der Waals surface area contributed by atoms with Crippen molar-refractivity contribution in [3.63, 3.8) is 0 Å². The molecule has 0 bridgehead atoms. The summed E-state index contributed by atoms with van der Waals surface area (Å²) < 4.78 is 5.45. The SMILES string of the molecule is CSc1nc(N)cc(OCCN(C)C)n1. The molecule has 1 heterocycles. The van der Waals surface area contributed by atoms with Gasteiger partial charge in [-0.2, -0.15) is 4.98 Å². The summed E-state index contributed by atoms with van der Waals surface area (Å²) in [5, 5.41) is 0.634. The molecule has 15 heavy (non-hydrogen) atoms. The number of hydrogen-bond acceptors (Lipinski definition) is 6. The average molecular weight is 228 g/mol. The van der Waals surface area contributed by atoms with Crippen LogP contribution < -0.4 is 10.5 Å². The molecule has 0 aliphatic heterocycles. The van der Waals surface area contributed by atoms with Gasteiger partial charge in [-0.05, 0) is 20.4 Å². The highest BCUT2D eigenvalue weighted by Crippen LogP contribution is 2.16.